The smallest absolute Gasteiger partial charge is 0.251 e. The summed E-state index contributed by atoms with van der Waals surface area (Å²) in [6.45, 7) is 10.8. The van der Waals surface area contributed by atoms with Crippen molar-refractivity contribution in [1.29, 1.82) is 0 Å². The van der Waals surface area contributed by atoms with E-state index in [0.29, 0.717) is 17.1 Å². The van der Waals surface area contributed by atoms with Crippen LogP contribution in [0.25, 0.3) is 10.5 Å². The van der Waals surface area contributed by atoms with Crippen molar-refractivity contribution in [2.24, 2.45) is 0 Å². The maximum absolute atomic E-state index is 12.9. The number of hydrogen-bond donors (Lipinski definition) is 1. The number of aromatic nitrogens is 4. The zero-order valence-corrected chi connectivity index (χ0v) is 15.8. The molecule has 1 amide bonds. The molecule has 3 rings (SSSR count). The van der Waals surface area contributed by atoms with Crippen LogP contribution in [-0.2, 0) is 10.3 Å². The molecule has 3 aromatic rings. The number of amides is 1. The van der Waals surface area contributed by atoms with E-state index in [1.807, 2.05) is 6.20 Å². The third-order valence-electron chi connectivity index (χ3n) is 3.79. The number of nitrogens with zero attached hydrogens (tertiary/aromatic N) is 5. The third kappa shape index (κ3) is 3.41. The molecule has 8 heteroatoms. The Hall–Kier alpha value is -2.67. The quantitative estimate of drug-likeness (QED) is 0.492. The number of carbonyl (C=O) groups is 1. The molecular formula is C17H15IN6O. The van der Waals surface area contributed by atoms with Crippen LogP contribution in [-0.4, -0.2) is 25.5 Å². The van der Waals surface area contributed by atoms with Gasteiger partial charge in [0.25, 0.3) is 5.91 Å². The average Bonchev–Trinajstić information content (AvgIpc) is 3.27. The van der Waals surface area contributed by atoms with Gasteiger partial charge in [0.1, 0.15) is 5.54 Å². The van der Waals surface area contributed by atoms with Gasteiger partial charge in [0.05, 0.1) is 27.7 Å². The van der Waals surface area contributed by atoms with Gasteiger partial charge in [-0.2, -0.15) is 10.2 Å². The standard InChI is InChI=1S/C17H15IN6O/c1-17(2,24-11-12(18)10-21-24)16(25)22-14-6-5-13(19-3)9-15(14)23-8-4-7-20-23/h4-11H,1-2H3,(H,22,25). The summed E-state index contributed by atoms with van der Waals surface area (Å²) in [4.78, 5) is 16.3. The predicted molar refractivity (Wildman–Crippen MR) is 103 cm³/mol. The van der Waals surface area contributed by atoms with Crippen molar-refractivity contribution in [2.45, 2.75) is 19.4 Å². The van der Waals surface area contributed by atoms with Crippen molar-refractivity contribution in [3.8, 4) is 5.69 Å². The Morgan fingerprint density at radius 3 is 2.76 bits per heavy atom. The molecule has 126 valence electrons. The first-order chi connectivity index (χ1) is 11.9. The van der Waals surface area contributed by atoms with Crippen LogP contribution >= 0.6 is 22.6 Å². The van der Waals surface area contributed by atoms with Crippen LogP contribution in [0, 0.1) is 10.1 Å². The van der Waals surface area contributed by atoms with Gasteiger partial charge in [-0.05, 0) is 54.6 Å². The van der Waals surface area contributed by atoms with Crippen molar-refractivity contribution in [2.75, 3.05) is 5.32 Å². The summed E-state index contributed by atoms with van der Waals surface area (Å²) in [6.07, 6.45) is 6.93. The van der Waals surface area contributed by atoms with Crippen LogP contribution in [0.4, 0.5) is 11.4 Å². The predicted octanol–water partition coefficient (Wildman–Crippen LogP) is 3.60. The number of benzene rings is 1. The summed E-state index contributed by atoms with van der Waals surface area (Å²) in [6, 6.07) is 6.86. The van der Waals surface area contributed by atoms with Gasteiger partial charge in [0, 0.05) is 18.6 Å². The number of anilines is 1. The summed E-state index contributed by atoms with van der Waals surface area (Å²) < 4.78 is 4.21. The van der Waals surface area contributed by atoms with Gasteiger partial charge in [0.15, 0.2) is 5.69 Å². The lowest BCUT2D eigenvalue weighted by molar-refractivity contribution is -0.123. The SMILES string of the molecule is [C-]#[N+]c1ccc(NC(=O)C(C)(C)n2cc(I)cn2)c(-n2cccn2)c1. The van der Waals surface area contributed by atoms with Gasteiger partial charge in [-0.15, -0.1) is 0 Å². The number of halogens is 1. The summed E-state index contributed by atoms with van der Waals surface area (Å²) in [5.74, 6) is -0.212. The molecule has 0 fully saturated rings. The molecule has 1 N–H and O–H groups in total. The molecule has 0 aliphatic heterocycles. The van der Waals surface area contributed by atoms with Gasteiger partial charge in [-0.1, -0.05) is 6.07 Å². The Balaban J connectivity index is 1.95. The van der Waals surface area contributed by atoms with E-state index in [9.17, 15) is 4.79 Å². The fourth-order valence-corrected chi connectivity index (χ4v) is 2.67. The maximum Gasteiger partial charge on any atom is 0.251 e. The van der Waals surface area contributed by atoms with Crippen LogP contribution in [0.15, 0.2) is 49.1 Å². The van der Waals surface area contributed by atoms with E-state index in [4.69, 9.17) is 6.57 Å². The highest BCUT2D eigenvalue weighted by Crippen LogP contribution is 2.27. The van der Waals surface area contributed by atoms with Crippen LogP contribution < -0.4 is 5.32 Å². The minimum absolute atomic E-state index is 0.212. The van der Waals surface area contributed by atoms with Gasteiger partial charge in [0.2, 0.25) is 0 Å². The highest BCUT2D eigenvalue weighted by molar-refractivity contribution is 14.1. The van der Waals surface area contributed by atoms with E-state index in [-0.39, 0.29) is 5.91 Å². The molecule has 0 saturated carbocycles. The topological polar surface area (TPSA) is 69.1 Å². The van der Waals surface area contributed by atoms with Crippen molar-refractivity contribution in [1.82, 2.24) is 19.6 Å². The highest BCUT2D eigenvalue weighted by atomic mass is 127. The first-order valence-electron chi connectivity index (χ1n) is 7.45. The Morgan fingerprint density at radius 1 is 1.36 bits per heavy atom. The van der Waals surface area contributed by atoms with Crippen molar-refractivity contribution in [3.63, 3.8) is 0 Å². The van der Waals surface area contributed by atoms with Gasteiger partial charge >= 0.3 is 0 Å². The summed E-state index contributed by atoms with van der Waals surface area (Å²) in [7, 11) is 0. The molecule has 7 nitrogen and oxygen atoms in total. The first kappa shape index (κ1) is 17.2. The summed E-state index contributed by atoms with van der Waals surface area (Å²) >= 11 is 2.15. The fourth-order valence-electron chi connectivity index (χ4n) is 2.28. The average molecular weight is 446 g/mol. The minimum atomic E-state index is -0.872. The molecule has 0 aliphatic carbocycles. The molecule has 0 spiro atoms. The first-order valence-corrected chi connectivity index (χ1v) is 8.53. The van der Waals surface area contributed by atoms with Crippen molar-refractivity contribution in [3.05, 3.63) is 64.0 Å². The third-order valence-corrected chi connectivity index (χ3v) is 4.35. The Morgan fingerprint density at radius 2 is 2.16 bits per heavy atom. The molecule has 0 bridgehead atoms. The second kappa shape index (κ2) is 6.68. The van der Waals surface area contributed by atoms with E-state index in [0.717, 1.165) is 3.57 Å². The Kier molecular flexibility index (Phi) is 4.59. The van der Waals surface area contributed by atoms with E-state index < -0.39 is 5.54 Å². The molecular weight excluding hydrogens is 431 g/mol. The molecule has 2 aromatic heterocycles. The zero-order chi connectivity index (χ0) is 18.0. The molecule has 0 atom stereocenters. The van der Waals surface area contributed by atoms with Gasteiger partial charge in [-0.3, -0.25) is 9.48 Å². The molecule has 25 heavy (non-hydrogen) atoms. The number of hydrogen-bond acceptors (Lipinski definition) is 3. The van der Waals surface area contributed by atoms with Gasteiger partial charge in [-0.25, -0.2) is 9.53 Å². The van der Waals surface area contributed by atoms with Crippen LogP contribution in [0.1, 0.15) is 13.8 Å². The fraction of sp³-hybridized carbons (Fsp3) is 0.176. The normalized spacial score (nSPS) is 11.1. The highest BCUT2D eigenvalue weighted by Gasteiger charge is 2.31. The zero-order valence-electron chi connectivity index (χ0n) is 13.6. The lowest BCUT2D eigenvalue weighted by atomic mass is 10.0. The maximum atomic E-state index is 12.9. The summed E-state index contributed by atoms with van der Waals surface area (Å²) in [5, 5.41) is 11.4. The van der Waals surface area contributed by atoms with Crippen LogP contribution in [0.5, 0.6) is 0 Å². The van der Waals surface area contributed by atoms with E-state index in [1.54, 1.807) is 66.1 Å². The van der Waals surface area contributed by atoms with Crippen LogP contribution in [0.2, 0.25) is 0 Å². The largest absolute Gasteiger partial charge is 0.322 e. The van der Waals surface area contributed by atoms with E-state index in [2.05, 4.69) is 43.0 Å². The molecule has 0 aliphatic rings. The lowest BCUT2D eigenvalue weighted by Gasteiger charge is -2.25. The van der Waals surface area contributed by atoms with Crippen molar-refractivity contribution >= 4 is 39.9 Å². The van der Waals surface area contributed by atoms with Crippen LogP contribution in [0.3, 0.4) is 0 Å². The molecule has 0 radical (unpaired) electrons. The van der Waals surface area contributed by atoms with Gasteiger partial charge < -0.3 is 5.32 Å². The van der Waals surface area contributed by atoms with Crippen molar-refractivity contribution < 1.29 is 4.79 Å². The summed E-state index contributed by atoms with van der Waals surface area (Å²) in [5.41, 5.74) is 0.821. The second-order valence-electron chi connectivity index (χ2n) is 5.88. The number of carbonyl (C=O) groups excluding carboxylic acids is 1. The second-order valence-corrected chi connectivity index (χ2v) is 7.13. The lowest BCUT2D eigenvalue weighted by Crippen LogP contribution is -2.40. The Labute approximate surface area is 158 Å². The Bertz CT molecular complexity index is 952. The van der Waals surface area contributed by atoms with E-state index >= 15 is 0 Å². The number of rotatable bonds is 4. The number of nitrogens with one attached hydrogen (secondary N) is 1. The monoisotopic (exact) mass is 446 g/mol. The molecule has 1 aromatic carbocycles. The molecule has 0 saturated heterocycles. The minimum Gasteiger partial charge on any atom is -0.322 e. The van der Waals surface area contributed by atoms with E-state index in [1.165, 1.54) is 0 Å². The molecule has 2 heterocycles. The molecule has 0 unspecified atom stereocenters.